The molecule has 64 valence electrons. The van der Waals surface area contributed by atoms with E-state index < -0.39 is 0 Å². The summed E-state index contributed by atoms with van der Waals surface area (Å²) in [5.41, 5.74) is 0. The van der Waals surface area contributed by atoms with Gasteiger partial charge in [-0.15, -0.1) is 0 Å². The summed E-state index contributed by atoms with van der Waals surface area (Å²) >= 11 is 0. The number of hydrogen-bond acceptors (Lipinski definition) is 1. The molecule has 0 unspecified atom stereocenters. The second kappa shape index (κ2) is 9.45. The normalized spacial score (nSPS) is 8.91. The molecule has 0 N–H and O–H groups in total. The van der Waals surface area contributed by atoms with Gasteiger partial charge in [-0.05, 0) is 31.2 Å². The largest absolute Gasteiger partial charge is 0.243 e. The van der Waals surface area contributed by atoms with Crippen LogP contribution in [0.1, 0.15) is 46.0 Å². The molecule has 0 radical (unpaired) electrons. The minimum absolute atomic E-state index is 0.944. The zero-order valence-corrected chi connectivity index (χ0v) is 7.77. The molecule has 0 amide bonds. The van der Waals surface area contributed by atoms with Crippen LogP contribution in [-0.4, -0.2) is 12.4 Å². The number of aliphatic imine (C=N–C) groups is 1. The number of hydrogen-bond donors (Lipinski definition) is 0. The summed E-state index contributed by atoms with van der Waals surface area (Å²) in [5.74, 6) is 2.96. The molecule has 0 bridgehead atoms. The van der Waals surface area contributed by atoms with Gasteiger partial charge in [0.05, 0.1) is 0 Å². The van der Waals surface area contributed by atoms with Crippen LogP contribution >= 0.6 is 0 Å². The summed E-state index contributed by atoms with van der Waals surface area (Å²) in [6.45, 7) is 5.32. The first-order valence-electron chi connectivity index (χ1n) is 4.65. The van der Waals surface area contributed by atoms with Gasteiger partial charge in [-0.3, -0.25) is 0 Å². The van der Waals surface area contributed by atoms with Crippen LogP contribution in [0.3, 0.4) is 0 Å². The van der Waals surface area contributed by atoms with Crippen molar-refractivity contribution in [1.82, 2.24) is 0 Å². The first kappa shape index (κ1) is 10.4. The van der Waals surface area contributed by atoms with Crippen LogP contribution in [0.25, 0.3) is 0 Å². The molecular weight excluding hydrogens is 134 g/mol. The highest BCUT2D eigenvalue weighted by Crippen LogP contribution is 1.92. The quantitative estimate of drug-likeness (QED) is 0.410. The third-order valence-electron chi connectivity index (χ3n) is 1.51. The Kier molecular flexibility index (Phi) is 8.98. The van der Waals surface area contributed by atoms with Crippen LogP contribution < -0.4 is 0 Å². The van der Waals surface area contributed by atoms with Crippen molar-refractivity contribution >= 4 is 5.87 Å². The molecule has 0 atom stereocenters. The van der Waals surface area contributed by atoms with E-state index in [1.54, 1.807) is 0 Å². The fraction of sp³-hybridized carbons (Fsp3) is 0.800. The molecule has 0 fully saturated rings. The molecule has 0 spiro atoms. The van der Waals surface area contributed by atoms with Crippen LogP contribution in [-0.2, 0) is 0 Å². The van der Waals surface area contributed by atoms with Crippen LogP contribution in [0.4, 0.5) is 0 Å². The highest BCUT2D eigenvalue weighted by atomic mass is 14.7. The van der Waals surface area contributed by atoms with Crippen molar-refractivity contribution in [2.45, 2.75) is 46.0 Å². The summed E-state index contributed by atoms with van der Waals surface area (Å²) in [4.78, 5) is 4.13. The minimum Gasteiger partial charge on any atom is -0.243 e. The third-order valence-corrected chi connectivity index (χ3v) is 1.51. The molecule has 0 rings (SSSR count). The standard InChI is InChI=1S/C10H19N/c1-3-5-7-8-10-11-9-6-4-2/h8H,3-7,9H2,1-2H3. The van der Waals surface area contributed by atoms with Crippen molar-refractivity contribution in [3.8, 4) is 0 Å². The topological polar surface area (TPSA) is 12.4 Å². The molecule has 0 heterocycles. The molecule has 0 aromatic heterocycles. The average molecular weight is 153 g/mol. The molecule has 11 heavy (non-hydrogen) atoms. The lowest BCUT2D eigenvalue weighted by atomic mass is 10.2. The Labute approximate surface area is 70.2 Å². The lowest BCUT2D eigenvalue weighted by Gasteiger charge is -1.85. The molecule has 0 saturated carbocycles. The molecule has 0 aromatic rings. The second-order valence-electron chi connectivity index (χ2n) is 2.71. The summed E-state index contributed by atoms with van der Waals surface area (Å²) in [5, 5.41) is 0. The van der Waals surface area contributed by atoms with E-state index in [1.807, 2.05) is 6.08 Å². The summed E-state index contributed by atoms with van der Waals surface area (Å²) in [6, 6.07) is 0. The van der Waals surface area contributed by atoms with E-state index in [0.717, 1.165) is 13.0 Å². The minimum atomic E-state index is 0.944. The Morgan fingerprint density at radius 3 is 2.55 bits per heavy atom. The molecule has 0 aliphatic carbocycles. The molecule has 1 nitrogen and oxygen atoms in total. The Balaban J connectivity index is 3.17. The predicted octanol–water partition coefficient (Wildman–Crippen LogP) is 3.20. The van der Waals surface area contributed by atoms with Gasteiger partial charge in [0.1, 0.15) is 0 Å². The van der Waals surface area contributed by atoms with E-state index in [-0.39, 0.29) is 0 Å². The van der Waals surface area contributed by atoms with E-state index in [0.29, 0.717) is 0 Å². The Hall–Kier alpha value is -0.550. The van der Waals surface area contributed by atoms with E-state index in [4.69, 9.17) is 0 Å². The van der Waals surface area contributed by atoms with Crippen molar-refractivity contribution in [2.24, 2.45) is 4.99 Å². The van der Waals surface area contributed by atoms with Crippen molar-refractivity contribution in [1.29, 1.82) is 0 Å². The average Bonchev–Trinajstić information content (AvgIpc) is 2.03. The monoisotopic (exact) mass is 153 g/mol. The van der Waals surface area contributed by atoms with Crippen molar-refractivity contribution in [3.63, 3.8) is 0 Å². The molecule has 0 aliphatic heterocycles. The van der Waals surface area contributed by atoms with Gasteiger partial charge in [0.25, 0.3) is 0 Å². The Bertz CT molecular complexity index is 109. The van der Waals surface area contributed by atoms with Crippen LogP contribution in [0.2, 0.25) is 0 Å². The molecule has 1 heteroatoms. The first-order chi connectivity index (χ1) is 5.41. The summed E-state index contributed by atoms with van der Waals surface area (Å²) < 4.78 is 0. The van der Waals surface area contributed by atoms with Crippen LogP contribution in [0.15, 0.2) is 11.1 Å². The molecule has 0 aliphatic rings. The highest BCUT2D eigenvalue weighted by molar-refractivity contribution is 5.51. The van der Waals surface area contributed by atoms with Gasteiger partial charge in [-0.1, -0.05) is 26.7 Å². The zero-order chi connectivity index (χ0) is 8.36. The Morgan fingerprint density at radius 2 is 1.91 bits per heavy atom. The first-order valence-corrected chi connectivity index (χ1v) is 4.65. The SMILES string of the molecule is CCCCC=C=NCCCC. The number of nitrogens with zero attached hydrogens (tertiary/aromatic N) is 1. The maximum atomic E-state index is 4.13. The zero-order valence-electron chi connectivity index (χ0n) is 7.77. The lowest BCUT2D eigenvalue weighted by Crippen LogP contribution is -1.76. The van der Waals surface area contributed by atoms with Gasteiger partial charge in [-0.2, -0.15) is 0 Å². The summed E-state index contributed by atoms with van der Waals surface area (Å²) in [7, 11) is 0. The van der Waals surface area contributed by atoms with Gasteiger partial charge in [0.2, 0.25) is 0 Å². The smallest absolute Gasteiger partial charge is 0.0483 e. The van der Waals surface area contributed by atoms with Gasteiger partial charge in [0, 0.05) is 6.54 Å². The molecule has 0 saturated heterocycles. The predicted molar refractivity (Wildman–Crippen MR) is 51.3 cm³/mol. The van der Waals surface area contributed by atoms with Gasteiger partial charge >= 0.3 is 0 Å². The van der Waals surface area contributed by atoms with Crippen LogP contribution in [0.5, 0.6) is 0 Å². The van der Waals surface area contributed by atoms with E-state index in [1.165, 1.54) is 25.7 Å². The highest BCUT2D eigenvalue weighted by Gasteiger charge is 1.77. The summed E-state index contributed by atoms with van der Waals surface area (Å²) in [6.07, 6.45) is 8.10. The fourth-order valence-electron chi connectivity index (χ4n) is 0.737. The van der Waals surface area contributed by atoms with Crippen molar-refractivity contribution < 1.29 is 0 Å². The molecule has 0 aromatic carbocycles. The second-order valence-corrected chi connectivity index (χ2v) is 2.71. The van der Waals surface area contributed by atoms with Crippen LogP contribution in [0, 0.1) is 0 Å². The van der Waals surface area contributed by atoms with E-state index in [2.05, 4.69) is 24.7 Å². The van der Waals surface area contributed by atoms with Gasteiger partial charge in [-0.25, -0.2) is 4.99 Å². The fourth-order valence-corrected chi connectivity index (χ4v) is 0.737. The molecular formula is C10H19N. The number of unbranched alkanes of at least 4 members (excludes halogenated alkanes) is 3. The van der Waals surface area contributed by atoms with E-state index >= 15 is 0 Å². The lowest BCUT2D eigenvalue weighted by molar-refractivity contribution is 0.807. The van der Waals surface area contributed by atoms with Crippen molar-refractivity contribution in [2.75, 3.05) is 6.54 Å². The Morgan fingerprint density at radius 1 is 1.18 bits per heavy atom. The van der Waals surface area contributed by atoms with Gasteiger partial charge in [0.15, 0.2) is 0 Å². The van der Waals surface area contributed by atoms with Gasteiger partial charge < -0.3 is 0 Å². The maximum absolute atomic E-state index is 4.13. The maximum Gasteiger partial charge on any atom is 0.0483 e. The number of rotatable bonds is 6. The van der Waals surface area contributed by atoms with E-state index in [9.17, 15) is 0 Å². The third kappa shape index (κ3) is 9.45. The van der Waals surface area contributed by atoms with Crippen molar-refractivity contribution in [3.05, 3.63) is 6.08 Å². The number of allylic oxidation sites excluding steroid dienone is 1.